The molecule has 1 heterocycles. The number of hydrogen-bond donors (Lipinski definition) is 1. The molecule has 2 rings (SSSR count). The van der Waals surface area contributed by atoms with Gasteiger partial charge in [0.2, 0.25) is 0 Å². The summed E-state index contributed by atoms with van der Waals surface area (Å²) in [7, 11) is 0. The summed E-state index contributed by atoms with van der Waals surface area (Å²) in [4.78, 5) is 0. The third-order valence-corrected chi connectivity index (χ3v) is 2.89. The summed E-state index contributed by atoms with van der Waals surface area (Å²) in [5.41, 5.74) is 6.58. The van der Waals surface area contributed by atoms with E-state index >= 15 is 0 Å². The monoisotopic (exact) mass is 257 g/mol. The topological polar surface area (TPSA) is 43.8 Å². The van der Waals surface area contributed by atoms with E-state index in [-0.39, 0.29) is 12.4 Å². The Morgan fingerprint density at radius 3 is 2.65 bits per heavy atom. The fourth-order valence-electron chi connectivity index (χ4n) is 1.51. The molecule has 1 aromatic carbocycles. The van der Waals surface area contributed by atoms with Crippen molar-refractivity contribution in [3.8, 4) is 0 Å². The molecular weight excluding hydrogens is 248 g/mol. The zero-order chi connectivity index (χ0) is 12.6. The molecule has 17 heavy (non-hydrogen) atoms. The average Bonchev–Trinajstić information content (AvgIpc) is 2.50. The number of nitrogens with two attached hydrogens (primary N) is 1. The van der Waals surface area contributed by atoms with E-state index in [2.05, 4.69) is 5.10 Å². The summed E-state index contributed by atoms with van der Waals surface area (Å²) in [5.74, 6) is -0.976. The van der Waals surface area contributed by atoms with Gasteiger partial charge in [-0.3, -0.25) is 0 Å². The number of rotatable bonds is 2. The predicted octanol–water partition coefficient (Wildman–Crippen LogP) is 2.75. The number of nitrogen functional groups attached to an aromatic ring is 1. The Kier molecular flexibility index (Phi) is 3.02. The van der Waals surface area contributed by atoms with Gasteiger partial charge in [-0.2, -0.15) is 5.10 Å². The lowest BCUT2D eigenvalue weighted by Crippen LogP contribution is -2.07. The maximum Gasteiger partial charge on any atom is 0.141 e. The Balaban J connectivity index is 2.34. The highest BCUT2D eigenvalue weighted by molar-refractivity contribution is 6.33. The van der Waals surface area contributed by atoms with Crippen LogP contribution in [0.1, 0.15) is 11.3 Å². The van der Waals surface area contributed by atoms with Gasteiger partial charge in [0.25, 0.3) is 0 Å². The van der Waals surface area contributed by atoms with Gasteiger partial charge in [0.05, 0.1) is 12.2 Å². The highest BCUT2D eigenvalue weighted by Crippen LogP contribution is 2.23. The van der Waals surface area contributed by atoms with Gasteiger partial charge >= 0.3 is 0 Å². The minimum atomic E-state index is -0.631. The summed E-state index contributed by atoms with van der Waals surface area (Å²) in [6.07, 6.45) is 0. The second-order valence-electron chi connectivity index (χ2n) is 3.68. The summed E-state index contributed by atoms with van der Waals surface area (Å²) >= 11 is 5.87. The molecule has 0 atom stereocenters. The number of aryl methyl sites for hydroxylation is 1. The zero-order valence-electron chi connectivity index (χ0n) is 9.04. The third-order valence-electron chi connectivity index (χ3n) is 2.43. The van der Waals surface area contributed by atoms with Crippen LogP contribution in [0.4, 0.5) is 14.6 Å². The van der Waals surface area contributed by atoms with E-state index in [1.165, 1.54) is 16.8 Å². The van der Waals surface area contributed by atoms with Gasteiger partial charge in [-0.25, -0.2) is 13.5 Å². The molecule has 2 N–H and O–H groups in total. The van der Waals surface area contributed by atoms with Crippen LogP contribution in [0, 0.1) is 18.6 Å². The number of aromatic nitrogens is 2. The second kappa shape index (κ2) is 4.33. The first-order valence-corrected chi connectivity index (χ1v) is 5.29. The first-order valence-electron chi connectivity index (χ1n) is 4.91. The molecule has 0 saturated heterocycles. The van der Waals surface area contributed by atoms with E-state index in [1.807, 2.05) is 0 Å². The van der Waals surface area contributed by atoms with Crippen LogP contribution in [-0.4, -0.2) is 9.78 Å². The maximum absolute atomic E-state index is 13.4. The van der Waals surface area contributed by atoms with Crippen molar-refractivity contribution in [3.63, 3.8) is 0 Å². The van der Waals surface area contributed by atoms with Crippen LogP contribution in [0.5, 0.6) is 0 Å². The van der Waals surface area contributed by atoms with E-state index in [4.69, 9.17) is 17.3 Å². The molecule has 0 saturated carbocycles. The van der Waals surface area contributed by atoms with Crippen LogP contribution >= 0.6 is 11.6 Å². The fraction of sp³-hybridized carbons (Fsp3) is 0.182. The molecule has 1 aromatic heterocycles. The van der Waals surface area contributed by atoms with Crippen molar-refractivity contribution in [3.05, 3.63) is 46.1 Å². The summed E-state index contributed by atoms with van der Waals surface area (Å²) in [5, 5.41) is 4.42. The summed E-state index contributed by atoms with van der Waals surface area (Å²) in [6, 6.07) is 3.37. The first kappa shape index (κ1) is 11.9. The van der Waals surface area contributed by atoms with Gasteiger partial charge in [-0.1, -0.05) is 17.7 Å². The van der Waals surface area contributed by atoms with Gasteiger partial charge in [-0.05, 0) is 13.0 Å². The largest absolute Gasteiger partial charge is 0.383 e. The SMILES string of the molecule is Cc1nn(Cc2ccc(F)cc2F)c(N)c1Cl. The van der Waals surface area contributed by atoms with Crippen molar-refractivity contribution in [2.45, 2.75) is 13.5 Å². The summed E-state index contributed by atoms with van der Waals surface area (Å²) < 4.78 is 27.5. The van der Waals surface area contributed by atoms with Crippen LogP contribution in [0.3, 0.4) is 0 Å². The van der Waals surface area contributed by atoms with Gasteiger partial charge < -0.3 is 5.73 Å². The van der Waals surface area contributed by atoms with Crippen LogP contribution < -0.4 is 5.73 Å². The molecule has 2 aromatic rings. The lowest BCUT2D eigenvalue weighted by atomic mass is 10.2. The van der Waals surface area contributed by atoms with Gasteiger partial charge in [0, 0.05) is 11.6 Å². The lowest BCUT2D eigenvalue weighted by molar-refractivity contribution is 0.559. The van der Waals surface area contributed by atoms with Crippen molar-refractivity contribution in [1.82, 2.24) is 9.78 Å². The Morgan fingerprint density at radius 1 is 1.41 bits per heavy atom. The van der Waals surface area contributed by atoms with Gasteiger partial charge in [0.1, 0.15) is 22.5 Å². The van der Waals surface area contributed by atoms with Crippen molar-refractivity contribution in [2.75, 3.05) is 5.73 Å². The zero-order valence-corrected chi connectivity index (χ0v) is 9.80. The average molecular weight is 258 g/mol. The van der Waals surface area contributed by atoms with Crippen molar-refractivity contribution < 1.29 is 8.78 Å². The minimum absolute atomic E-state index is 0.117. The first-order chi connectivity index (χ1) is 7.99. The Labute approximate surface area is 102 Å². The van der Waals surface area contributed by atoms with Gasteiger partial charge in [-0.15, -0.1) is 0 Å². The number of halogens is 3. The minimum Gasteiger partial charge on any atom is -0.383 e. The molecule has 0 spiro atoms. The molecule has 0 aliphatic rings. The molecule has 0 aliphatic heterocycles. The number of hydrogen-bond acceptors (Lipinski definition) is 2. The van der Waals surface area contributed by atoms with Crippen molar-refractivity contribution in [2.24, 2.45) is 0 Å². The fourth-order valence-corrected chi connectivity index (χ4v) is 1.64. The van der Waals surface area contributed by atoms with E-state index in [0.717, 1.165) is 6.07 Å². The van der Waals surface area contributed by atoms with E-state index < -0.39 is 11.6 Å². The molecule has 0 amide bonds. The van der Waals surface area contributed by atoms with Crippen LogP contribution in [0.25, 0.3) is 0 Å². The van der Waals surface area contributed by atoms with Crippen LogP contribution in [0.15, 0.2) is 18.2 Å². The normalized spacial score (nSPS) is 10.8. The summed E-state index contributed by atoms with van der Waals surface area (Å²) in [6.45, 7) is 1.82. The lowest BCUT2D eigenvalue weighted by Gasteiger charge is -2.05. The molecule has 90 valence electrons. The third kappa shape index (κ3) is 2.24. The molecule has 3 nitrogen and oxygen atoms in total. The molecular formula is C11H10ClF2N3. The quantitative estimate of drug-likeness (QED) is 0.899. The Morgan fingerprint density at radius 2 is 2.12 bits per heavy atom. The molecule has 0 radical (unpaired) electrons. The van der Waals surface area contributed by atoms with E-state index in [9.17, 15) is 8.78 Å². The maximum atomic E-state index is 13.4. The highest BCUT2D eigenvalue weighted by atomic mass is 35.5. The van der Waals surface area contributed by atoms with Crippen molar-refractivity contribution in [1.29, 1.82) is 0 Å². The standard InChI is InChI=1S/C11H10ClF2N3/c1-6-10(12)11(15)17(16-6)5-7-2-3-8(13)4-9(7)14/h2-4H,5,15H2,1H3. The van der Waals surface area contributed by atoms with Gasteiger partial charge in [0.15, 0.2) is 0 Å². The molecule has 0 unspecified atom stereocenters. The smallest absolute Gasteiger partial charge is 0.141 e. The Bertz CT molecular complexity index is 566. The second-order valence-corrected chi connectivity index (χ2v) is 4.06. The van der Waals surface area contributed by atoms with E-state index in [0.29, 0.717) is 16.3 Å². The van der Waals surface area contributed by atoms with Crippen LogP contribution in [-0.2, 0) is 6.54 Å². The van der Waals surface area contributed by atoms with Crippen molar-refractivity contribution >= 4 is 17.4 Å². The molecule has 0 aliphatic carbocycles. The van der Waals surface area contributed by atoms with E-state index in [1.54, 1.807) is 6.92 Å². The molecule has 6 heteroatoms. The highest BCUT2D eigenvalue weighted by Gasteiger charge is 2.12. The number of benzene rings is 1. The number of nitrogens with zero attached hydrogens (tertiary/aromatic N) is 2. The predicted molar refractivity (Wildman–Crippen MR) is 61.8 cm³/mol. The van der Waals surface area contributed by atoms with Crippen LogP contribution in [0.2, 0.25) is 5.02 Å². The Hall–Kier alpha value is -1.62. The number of anilines is 1. The molecule has 0 bridgehead atoms. The molecule has 0 fully saturated rings.